The highest BCUT2D eigenvalue weighted by atomic mass is 35.5. The van der Waals surface area contributed by atoms with Crippen molar-refractivity contribution in [2.45, 2.75) is 0 Å². The van der Waals surface area contributed by atoms with Gasteiger partial charge >= 0.3 is 0 Å². The van der Waals surface area contributed by atoms with Crippen LogP contribution >= 0.6 is 11.6 Å². The number of amides is 1. The first-order valence-corrected chi connectivity index (χ1v) is 8.07. The summed E-state index contributed by atoms with van der Waals surface area (Å²) in [6.07, 6.45) is 1.55. The maximum absolute atomic E-state index is 13.3. The Bertz CT molecular complexity index is 950. The number of aromatic nitrogens is 1. The minimum Gasteiger partial charge on any atom is -0.497 e. The number of carbonyl (C=O) groups excluding carboxylic acids is 1. The standard InChI is InChI=1S/C19H15ClFN3O2/c1-26-14-5-2-4-12(10-14)24-19(25)15-6-3-9-22-18(15)23-13-7-8-17(21)16(20)11-13/h2-11H,1H3,(H,22,23)(H,24,25). The molecule has 0 unspecified atom stereocenters. The Balaban J connectivity index is 1.83. The summed E-state index contributed by atoms with van der Waals surface area (Å²) in [6, 6.07) is 14.5. The van der Waals surface area contributed by atoms with Crippen molar-refractivity contribution in [1.29, 1.82) is 0 Å². The molecular formula is C19H15ClFN3O2. The van der Waals surface area contributed by atoms with Crippen LogP contribution in [0.3, 0.4) is 0 Å². The molecule has 0 aliphatic rings. The van der Waals surface area contributed by atoms with E-state index in [1.54, 1.807) is 49.7 Å². The number of nitrogens with one attached hydrogen (secondary N) is 2. The normalized spacial score (nSPS) is 10.3. The van der Waals surface area contributed by atoms with Crippen molar-refractivity contribution >= 4 is 34.7 Å². The van der Waals surface area contributed by atoms with Gasteiger partial charge in [-0.25, -0.2) is 9.37 Å². The van der Waals surface area contributed by atoms with Crippen molar-refractivity contribution < 1.29 is 13.9 Å². The average molecular weight is 372 g/mol. The predicted octanol–water partition coefficient (Wildman–Crippen LogP) is 4.88. The number of rotatable bonds is 5. The van der Waals surface area contributed by atoms with Crippen molar-refractivity contribution in [3.8, 4) is 5.75 Å². The number of hydrogen-bond donors (Lipinski definition) is 2. The molecule has 1 heterocycles. The van der Waals surface area contributed by atoms with E-state index in [1.165, 1.54) is 18.2 Å². The van der Waals surface area contributed by atoms with E-state index in [1.807, 2.05) is 0 Å². The van der Waals surface area contributed by atoms with Gasteiger partial charge in [0.05, 0.1) is 17.7 Å². The summed E-state index contributed by atoms with van der Waals surface area (Å²) in [7, 11) is 1.55. The van der Waals surface area contributed by atoms with Gasteiger partial charge in [0.2, 0.25) is 0 Å². The smallest absolute Gasteiger partial charge is 0.259 e. The quantitative estimate of drug-likeness (QED) is 0.671. The van der Waals surface area contributed by atoms with Crippen LogP contribution < -0.4 is 15.4 Å². The van der Waals surface area contributed by atoms with Crippen molar-refractivity contribution in [3.05, 3.63) is 77.2 Å². The van der Waals surface area contributed by atoms with E-state index in [9.17, 15) is 9.18 Å². The molecule has 0 bridgehead atoms. The Kier molecular flexibility index (Phi) is 5.34. The second kappa shape index (κ2) is 7.84. The van der Waals surface area contributed by atoms with E-state index < -0.39 is 5.82 Å². The Hall–Kier alpha value is -3.12. The van der Waals surface area contributed by atoms with Crippen LogP contribution in [-0.4, -0.2) is 18.0 Å². The first kappa shape index (κ1) is 17.7. The lowest BCUT2D eigenvalue weighted by Crippen LogP contribution is -2.14. The Morgan fingerprint density at radius 1 is 1.12 bits per heavy atom. The average Bonchev–Trinajstić information content (AvgIpc) is 2.65. The number of hydrogen-bond acceptors (Lipinski definition) is 4. The van der Waals surface area contributed by atoms with Gasteiger partial charge in [0.15, 0.2) is 0 Å². The second-order valence-corrected chi connectivity index (χ2v) is 5.75. The lowest BCUT2D eigenvalue weighted by molar-refractivity contribution is 0.102. The molecule has 0 atom stereocenters. The first-order valence-electron chi connectivity index (χ1n) is 7.69. The third-order valence-electron chi connectivity index (χ3n) is 3.56. The zero-order valence-electron chi connectivity index (χ0n) is 13.8. The Morgan fingerprint density at radius 2 is 1.96 bits per heavy atom. The maximum Gasteiger partial charge on any atom is 0.259 e. The molecule has 1 amide bonds. The predicted molar refractivity (Wildman–Crippen MR) is 99.9 cm³/mol. The van der Waals surface area contributed by atoms with Crippen LogP contribution in [0.5, 0.6) is 5.75 Å². The lowest BCUT2D eigenvalue weighted by atomic mass is 10.2. The fourth-order valence-electron chi connectivity index (χ4n) is 2.30. The van der Waals surface area contributed by atoms with E-state index in [0.717, 1.165) is 0 Å². The Labute approximate surface area is 154 Å². The number of nitrogens with zero attached hydrogens (tertiary/aromatic N) is 1. The highest BCUT2D eigenvalue weighted by Crippen LogP contribution is 2.24. The first-order chi connectivity index (χ1) is 12.6. The zero-order chi connectivity index (χ0) is 18.5. The summed E-state index contributed by atoms with van der Waals surface area (Å²) >= 11 is 5.79. The summed E-state index contributed by atoms with van der Waals surface area (Å²) in [6.45, 7) is 0. The molecule has 2 N–H and O–H groups in total. The third-order valence-corrected chi connectivity index (χ3v) is 3.85. The van der Waals surface area contributed by atoms with E-state index in [-0.39, 0.29) is 10.9 Å². The van der Waals surface area contributed by atoms with Crippen molar-refractivity contribution in [3.63, 3.8) is 0 Å². The van der Waals surface area contributed by atoms with Crippen LogP contribution in [-0.2, 0) is 0 Å². The van der Waals surface area contributed by atoms with Gasteiger partial charge in [-0.15, -0.1) is 0 Å². The number of halogens is 2. The largest absolute Gasteiger partial charge is 0.497 e. The number of ether oxygens (including phenoxy) is 1. The number of pyridine rings is 1. The summed E-state index contributed by atoms with van der Waals surface area (Å²) in [4.78, 5) is 16.8. The molecule has 0 aliphatic carbocycles. The molecule has 2 aromatic carbocycles. The third kappa shape index (κ3) is 4.10. The van der Waals surface area contributed by atoms with Gasteiger partial charge in [-0.3, -0.25) is 4.79 Å². The van der Waals surface area contributed by atoms with E-state index >= 15 is 0 Å². The van der Waals surface area contributed by atoms with Crippen LogP contribution in [0.4, 0.5) is 21.6 Å². The fraction of sp³-hybridized carbons (Fsp3) is 0.0526. The van der Waals surface area contributed by atoms with Gasteiger partial charge in [-0.05, 0) is 42.5 Å². The minimum absolute atomic E-state index is 0.0201. The minimum atomic E-state index is -0.519. The monoisotopic (exact) mass is 371 g/mol. The second-order valence-electron chi connectivity index (χ2n) is 5.34. The molecular weight excluding hydrogens is 357 g/mol. The van der Waals surface area contributed by atoms with Crippen LogP contribution in [0.1, 0.15) is 10.4 Å². The van der Waals surface area contributed by atoms with Gasteiger partial charge in [0.1, 0.15) is 17.4 Å². The van der Waals surface area contributed by atoms with Gasteiger partial charge < -0.3 is 15.4 Å². The van der Waals surface area contributed by atoms with Gasteiger partial charge in [0, 0.05) is 23.6 Å². The van der Waals surface area contributed by atoms with E-state index in [2.05, 4.69) is 15.6 Å². The summed E-state index contributed by atoms with van der Waals surface area (Å²) in [5.41, 5.74) is 1.44. The molecule has 5 nitrogen and oxygen atoms in total. The van der Waals surface area contributed by atoms with Crippen molar-refractivity contribution in [2.75, 3.05) is 17.7 Å². The summed E-state index contributed by atoms with van der Waals surface area (Å²) in [5, 5.41) is 5.76. The van der Waals surface area contributed by atoms with Gasteiger partial charge in [-0.2, -0.15) is 0 Å². The van der Waals surface area contributed by atoms with Gasteiger partial charge in [-0.1, -0.05) is 17.7 Å². The molecule has 7 heteroatoms. The number of carbonyl (C=O) groups is 1. The van der Waals surface area contributed by atoms with E-state index in [0.29, 0.717) is 28.5 Å². The molecule has 0 aliphatic heterocycles. The van der Waals surface area contributed by atoms with E-state index in [4.69, 9.17) is 16.3 Å². The zero-order valence-corrected chi connectivity index (χ0v) is 14.5. The maximum atomic E-state index is 13.3. The van der Waals surface area contributed by atoms with Crippen LogP contribution in [0.25, 0.3) is 0 Å². The molecule has 0 radical (unpaired) electrons. The summed E-state index contributed by atoms with van der Waals surface area (Å²) in [5.74, 6) is 0.0974. The highest BCUT2D eigenvalue weighted by molar-refractivity contribution is 6.31. The van der Waals surface area contributed by atoms with Crippen LogP contribution in [0.15, 0.2) is 60.8 Å². The lowest BCUT2D eigenvalue weighted by Gasteiger charge is -2.12. The summed E-state index contributed by atoms with van der Waals surface area (Å²) < 4.78 is 18.4. The molecule has 0 spiro atoms. The molecule has 3 aromatic rings. The molecule has 26 heavy (non-hydrogen) atoms. The molecule has 0 saturated heterocycles. The topological polar surface area (TPSA) is 63.2 Å². The number of methoxy groups -OCH3 is 1. The SMILES string of the molecule is COc1cccc(NC(=O)c2cccnc2Nc2ccc(F)c(Cl)c2)c1. The molecule has 132 valence electrons. The van der Waals surface area contributed by atoms with Crippen LogP contribution in [0.2, 0.25) is 5.02 Å². The Morgan fingerprint density at radius 3 is 2.73 bits per heavy atom. The van der Waals surface area contributed by atoms with Crippen molar-refractivity contribution in [2.24, 2.45) is 0 Å². The highest BCUT2D eigenvalue weighted by Gasteiger charge is 2.13. The van der Waals surface area contributed by atoms with Gasteiger partial charge in [0.25, 0.3) is 5.91 Å². The molecule has 3 rings (SSSR count). The molecule has 0 fully saturated rings. The molecule has 0 saturated carbocycles. The fourth-order valence-corrected chi connectivity index (χ4v) is 2.48. The number of anilines is 3. The molecule has 1 aromatic heterocycles. The number of benzene rings is 2. The van der Waals surface area contributed by atoms with Crippen molar-refractivity contribution in [1.82, 2.24) is 4.98 Å². The van der Waals surface area contributed by atoms with Crippen LogP contribution in [0, 0.1) is 5.82 Å².